The van der Waals surface area contributed by atoms with Crippen LogP contribution in [0, 0.1) is 18.3 Å². The molecule has 0 amide bonds. The Hall–Kier alpha value is -0.640. The molecule has 1 aromatic rings. The number of rotatable bonds is 8. The molecule has 19 heavy (non-hydrogen) atoms. The first-order chi connectivity index (χ1) is 9.17. The molecule has 1 heterocycles. The lowest BCUT2D eigenvalue weighted by molar-refractivity contribution is 0.367. The van der Waals surface area contributed by atoms with Crippen LogP contribution in [0.1, 0.15) is 44.0 Å². The average Bonchev–Trinajstić information content (AvgIpc) is 3.14. The van der Waals surface area contributed by atoms with Crippen LogP contribution in [0.5, 0.6) is 0 Å². The van der Waals surface area contributed by atoms with Crippen molar-refractivity contribution in [3.63, 3.8) is 0 Å². The second-order valence-corrected chi connectivity index (χ2v) is 7.53. The molecule has 0 bridgehead atoms. The lowest BCUT2D eigenvalue weighted by atomic mass is 9.92. The molecule has 0 radical (unpaired) electrons. The van der Waals surface area contributed by atoms with Crippen molar-refractivity contribution >= 4 is 23.1 Å². The highest BCUT2D eigenvalue weighted by atomic mass is 32.2. The van der Waals surface area contributed by atoms with Crippen LogP contribution < -0.4 is 5.32 Å². The monoisotopic (exact) mass is 296 g/mol. The molecule has 4 nitrogen and oxygen atoms in total. The molecule has 2 rings (SSSR count). The number of nitriles is 1. The Labute approximate surface area is 123 Å². The normalized spacial score (nSPS) is 17.9. The quantitative estimate of drug-likeness (QED) is 0.590. The SMILES string of the molecule is CCC(C#N)(CCCSc1nnc(C)s1)NC1CC1. The van der Waals surface area contributed by atoms with Crippen molar-refractivity contribution in [1.82, 2.24) is 15.5 Å². The van der Waals surface area contributed by atoms with Gasteiger partial charge in [0.25, 0.3) is 0 Å². The van der Waals surface area contributed by atoms with Gasteiger partial charge < -0.3 is 0 Å². The van der Waals surface area contributed by atoms with E-state index < -0.39 is 0 Å². The summed E-state index contributed by atoms with van der Waals surface area (Å²) in [6.45, 7) is 4.07. The van der Waals surface area contributed by atoms with Crippen molar-refractivity contribution in [1.29, 1.82) is 5.26 Å². The first kappa shape index (κ1) is 14.8. The minimum atomic E-state index is -0.321. The summed E-state index contributed by atoms with van der Waals surface area (Å²) in [6, 6.07) is 3.08. The maximum Gasteiger partial charge on any atom is 0.174 e. The predicted molar refractivity (Wildman–Crippen MR) is 79.4 cm³/mol. The van der Waals surface area contributed by atoms with E-state index in [1.165, 1.54) is 12.8 Å². The number of nitrogens with zero attached hydrogens (tertiary/aromatic N) is 3. The molecule has 1 aliphatic rings. The van der Waals surface area contributed by atoms with Crippen molar-refractivity contribution in [2.24, 2.45) is 0 Å². The van der Waals surface area contributed by atoms with Crippen LogP contribution in [0.25, 0.3) is 0 Å². The molecule has 0 saturated heterocycles. The molecule has 1 N–H and O–H groups in total. The maximum atomic E-state index is 9.43. The predicted octanol–water partition coefficient (Wildman–Crippen LogP) is 3.14. The standard InChI is InChI=1S/C13H20N4S2/c1-3-13(9-14,15-11-5-6-11)7-4-8-18-12-17-16-10(2)19-12/h11,15H,3-8H2,1-2H3. The molecule has 1 aromatic heterocycles. The third kappa shape index (κ3) is 4.44. The largest absolute Gasteiger partial charge is 0.297 e. The first-order valence-electron chi connectivity index (χ1n) is 6.79. The van der Waals surface area contributed by atoms with Crippen LogP contribution >= 0.6 is 23.1 Å². The van der Waals surface area contributed by atoms with Gasteiger partial charge in [-0.1, -0.05) is 30.0 Å². The number of aryl methyl sites for hydroxylation is 1. The summed E-state index contributed by atoms with van der Waals surface area (Å²) in [5, 5.41) is 22.1. The number of nitrogens with one attached hydrogen (secondary N) is 1. The van der Waals surface area contributed by atoms with Crippen LogP contribution in [0.4, 0.5) is 0 Å². The summed E-state index contributed by atoms with van der Waals surface area (Å²) in [7, 11) is 0. The lowest BCUT2D eigenvalue weighted by Crippen LogP contribution is -2.44. The summed E-state index contributed by atoms with van der Waals surface area (Å²) >= 11 is 3.38. The maximum absolute atomic E-state index is 9.43. The van der Waals surface area contributed by atoms with Gasteiger partial charge in [-0.15, -0.1) is 10.2 Å². The van der Waals surface area contributed by atoms with Crippen LogP contribution in [-0.2, 0) is 0 Å². The minimum absolute atomic E-state index is 0.321. The zero-order valence-corrected chi connectivity index (χ0v) is 13.1. The molecule has 0 spiro atoms. The first-order valence-corrected chi connectivity index (χ1v) is 8.59. The summed E-state index contributed by atoms with van der Waals surface area (Å²) < 4.78 is 1.03. The van der Waals surface area contributed by atoms with E-state index in [2.05, 4.69) is 28.5 Å². The van der Waals surface area contributed by atoms with Gasteiger partial charge in [-0.05, 0) is 39.0 Å². The van der Waals surface area contributed by atoms with Gasteiger partial charge in [0.2, 0.25) is 0 Å². The highest BCUT2D eigenvalue weighted by Gasteiger charge is 2.34. The van der Waals surface area contributed by atoms with E-state index in [0.29, 0.717) is 6.04 Å². The zero-order chi connectivity index (χ0) is 13.7. The molecular weight excluding hydrogens is 276 g/mol. The lowest BCUT2D eigenvalue weighted by Gasteiger charge is -2.26. The highest BCUT2D eigenvalue weighted by Crippen LogP contribution is 2.28. The fourth-order valence-electron chi connectivity index (χ4n) is 2.01. The topological polar surface area (TPSA) is 61.6 Å². The molecule has 6 heteroatoms. The van der Waals surface area contributed by atoms with E-state index >= 15 is 0 Å². The minimum Gasteiger partial charge on any atom is -0.297 e. The smallest absolute Gasteiger partial charge is 0.174 e. The van der Waals surface area contributed by atoms with Crippen LogP contribution in [0.15, 0.2) is 4.34 Å². The van der Waals surface area contributed by atoms with Crippen molar-refractivity contribution in [2.75, 3.05) is 5.75 Å². The van der Waals surface area contributed by atoms with E-state index in [9.17, 15) is 5.26 Å². The molecule has 0 aromatic carbocycles. The van der Waals surface area contributed by atoms with Gasteiger partial charge in [0, 0.05) is 11.8 Å². The average molecular weight is 296 g/mol. The Balaban J connectivity index is 1.74. The van der Waals surface area contributed by atoms with Crippen molar-refractivity contribution in [3.8, 4) is 6.07 Å². The third-order valence-corrected chi connectivity index (χ3v) is 5.41. The van der Waals surface area contributed by atoms with Gasteiger partial charge >= 0.3 is 0 Å². The molecule has 104 valence electrons. The summed E-state index contributed by atoms with van der Waals surface area (Å²) in [4.78, 5) is 0. The van der Waals surface area contributed by atoms with Crippen LogP contribution in [0.2, 0.25) is 0 Å². The van der Waals surface area contributed by atoms with Crippen molar-refractivity contribution in [3.05, 3.63) is 5.01 Å². The second kappa shape index (κ2) is 6.69. The number of hydrogen-bond acceptors (Lipinski definition) is 6. The zero-order valence-electron chi connectivity index (χ0n) is 11.5. The van der Waals surface area contributed by atoms with Gasteiger partial charge in [-0.3, -0.25) is 5.32 Å². The van der Waals surface area contributed by atoms with Crippen molar-refractivity contribution in [2.45, 2.75) is 61.9 Å². The number of hydrogen-bond donors (Lipinski definition) is 1. The molecule has 1 atom stereocenters. The van der Waals surface area contributed by atoms with Crippen molar-refractivity contribution < 1.29 is 0 Å². The summed E-state index contributed by atoms with van der Waals surface area (Å²) in [6.07, 6.45) is 5.28. The van der Waals surface area contributed by atoms with E-state index in [1.54, 1.807) is 23.1 Å². The Morgan fingerprint density at radius 2 is 2.32 bits per heavy atom. The van der Waals surface area contributed by atoms with Gasteiger partial charge in [-0.2, -0.15) is 5.26 Å². The van der Waals surface area contributed by atoms with E-state index in [-0.39, 0.29) is 5.54 Å². The van der Waals surface area contributed by atoms with Crippen LogP contribution in [-0.4, -0.2) is 27.5 Å². The fraction of sp³-hybridized carbons (Fsp3) is 0.769. The third-order valence-electron chi connectivity index (χ3n) is 3.36. The summed E-state index contributed by atoms with van der Waals surface area (Å²) in [5.74, 6) is 1.00. The molecule has 1 aliphatic carbocycles. The number of thioether (sulfide) groups is 1. The molecule has 1 unspecified atom stereocenters. The van der Waals surface area contributed by atoms with Gasteiger partial charge in [0.05, 0.1) is 6.07 Å². The molecule has 1 saturated carbocycles. The van der Waals surface area contributed by atoms with E-state index in [0.717, 1.165) is 34.4 Å². The molecule has 1 fully saturated rings. The molecular formula is C13H20N4S2. The Morgan fingerprint density at radius 3 is 2.84 bits per heavy atom. The van der Waals surface area contributed by atoms with Gasteiger partial charge in [-0.25, -0.2) is 0 Å². The fourth-order valence-corrected chi connectivity index (χ4v) is 3.83. The van der Waals surface area contributed by atoms with E-state index in [1.807, 2.05) is 6.92 Å². The molecule has 0 aliphatic heterocycles. The van der Waals surface area contributed by atoms with Gasteiger partial charge in [0.1, 0.15) is 10.5 Å². The van der Waals surface area contributed by atoms with E-state index in [4.69, 9.17) is 0 Å². The second-order valence-electron chi connectivity index (χ2n) is 5.01. The van der Waals surface area contributed by atoms with Gasteiger partial charge in [0.15, 0.2) is 4.34 Å². The number of aromatic nitrogens is 2. The Bertz CT molecular complexity index is 450. The Kier molecular flexibility index (Phi) is 5.20. The Morgan fingerprint density at radius 1 is 1.53 bits per heavy atom. The summed E-state index contributed by atoms with van der Waals surface area (Å²) in [5.41, 5.74) is -0.321. The van der Waals surface area contributed by atoms with Crippen LogP contribution in [0.3, 0.4) is 0 Å². The highest BCUT2D eigenvalue weighted by molar-refractivity contribution is 8.01.